The molecule has 0 spiro atoms. The predicted molar refractivity (Wildman–Crippen MR) is 173 cm³/mol. The van der Waals surface area contributed by atoms with Crippen LogP contribution in [0.5, 0.6) is 0 Å². The number of hydrogen-bond acceptors (Lipinski definition) is 3. The molecule has 2 heterocycles. The summed E-state index contributed by atoms with van der Waals surface area (Å²) in [4.78, 5) is 7.51. The smallest absolute Gasteiger partial charge is 0.0565 e. The zero-order chi connectivity index (χ0) is 28.1. The van der Waals surface area contributed by atoms with Crippen molar-refractivity contribution in [2.75, 3.05) is 23.9 Å². The van der Waals surface area contributed by atoms with Crippen molar-refractivity contribution >= 4 is 23.1 Å². The summed E-state index contributed by atoms with van der Waals surface area (Å²) >= 11 is 1.91. The van der Waals surface area contributed by atoms with E-state index in [1.54, 1.807) is 0 Å². The summed E-state index contributed by atoms with van der Waals surface area (Å²) in [5.41, 5.74) is 9.76. The van der Waals surface area contributed by atoms with Crippen LogP contribution in [0.15, 0.2) is 130 Å². The highest BCUT2D eigenvalue weighted by molar-refractivity contribution is 8.03. The Morgan fingerprint density at radius 3 is 2.10 bits per heavy atom. The molecule has 6 rings (SSSR count). The minimum Gasteiger partial charge on any atom is -0.367 e. The molecule has 0 amide bonds. The lowest BCUT2D eigenvalue weighted by atomic mass is 9.80. The van der Waals surface area contributed by atoms with Gasteiger partial charge in [-0.25, -0.2) is 0 Å². The summed E-state index contributed by atoms with van der Waals surface area (Å²) in [7, 11) is 4.44. The molecule has 3 aromatic rings. The van der Waals surface area contributed by atoms with E-state index in [0.717, 1.165) is 12.8 Å². The molecule has 0 bridgehead atoms. The topological polar surface area (TPSA) is 6.48 Å². The largest absolute Gasteiger partial charge is 0.367 e. The third-order valence-electron chi connectivity index (χ3n) is 9.21. The molecular weight excluding hydrogens is 504 g/mol. The van der Waals surface area contributed by atoms with Crippen LogP contribution >= 0.6 is 11.8 Å². The first-order valence-corrected chi connectivity index (χ1v) is 15.2. The fourth-order valence-electron chi connectivity index (χ4n) is 6.94. The molecule has 204 valence electrons. The van der Waals surface area contributed by atoms with E-state index >= 15 is 0 Å². The molecule has 3 heteroatoms. The number of anilines is 2. The lowest BCUT2D eigenvalue weighted by molar-refractivity contribution is 0.487. The Morgan fingerprint density at radius 1 is 0.750 bits per heavy atom. The van der Waals surface area contributed by atoms with Crippen molar-refractivity contribution in [3.8, 4) is 0 Å². The molecule has 0 radical (unpaired) electrons. The van der Waals surface area contributed by atoms with Crippen LogP contribution < -0.4 is 9.80 Å². The Labute approximate surface area is 244 Å². The van der Waals surface area contributed by atoms with Crippen molar-refractivity contribution < 1.29 is 0 Å². The van der Waals surface area contributed by atoms with E-state index in [9.17, 15) is 0 Å². The number of rotatable bonds is 5. The standard InChI is InChI=1S/C37H40N2S/c1-36(2)29-16-10-12-18-31(29)38(5)33(36)24-22-26-20-21-27(35(26)40-28-14-8-7-9-15-28)23-25-34-37(3,4)30-17-11-13-19-32(30)39(34)6/h7-19,22-25,33H,20-21H2,1-6H3. The third kappa shape index (κ3) is 4.45. The second-order valence-corrected chi connectivity index (χ2v) is 13.5. The maximum atomic E-state index is 2.45. The van der Waals surface area contributed by atoms with E-state index in [1.807, 2.05) is 11.8 Å². The summed E-state index contributed by atoms with van der Waals surface area (Å²) < 4.78 is 0. The monoisotopic (exact) mass is 544 g/mol. The Balaban J connectivity index is 1.36. The van der Waals surface area contributed by atoms with Gasteiger partial charge in [0.1, 0.15) is 0 Å². The van der Waals surface area contributed by atoms with Gasteiger partial charge in [-0.05, 0) is 65.5 Å². The molecule has 0 aromatic heterocycles. The van der Waals surface area contributed by atoms with Crippen LogP contribution in [0.2, 0.25) is 0 Å². The normalized spacial score (nSPS) is 23.1. The average Bonchev–Trinajstić information content (AvgIpc) is 3.49. The lowest BCUT2D eigenvalue weighted by Crippen LogP contribution is -2.37. The molecule has 2 nitrogen and oxygen atoms in total. The quantitative estimate of drug-likeness (QED) is 0.316. The molecule has 1 aliphatic carbocycles. The average molecular weight is 545 g/mol. The van der Waals surface area contributed by atoms with Gasteiger partial charge in [0.2, 0.25) is 0 Å². The van der Waals surface area contributed by atoms with Crippen molar-refractivity contribution in [1.82, 2.24) is 0 Å². The molecule has 0 saturated heterocycles. The lowest BCUT2D eigenvalue weighted by Gasteiger charge is -2.29. The van der Waals surface area contributed by atoms with Crippen molar-refractivity contribution in [3.63, 3.8) is 0 Å². The number of hydrogen-bond donors (Lipinski definition) is 0. The van der Waals surface area contributed by atoms with Gasteiger partial charge in [-0.1, -0.05) is 112 Å². The molecule has 3 aromatic carbocycles. The number of thioether (sulfide) groups is 1. The maximum Gasteiger partial charge on any atom is 0.0565 e. The van der Waals surface area contributed by atoms with E-state index in [-0.39, 0.29) is 10.8 Å². The number of fused-ring (bicyclic) bond motifs is 2. The number of benzene rings is 3. The number of para-hydroxylation sites is 2. The predicted octanol–water partition coefficient (Wildman–Crippen LogP) is 9.42. The van der Waals surface area contributed by atoms with E-state index in [2.05, 4.69) is 155 Å². The Bertz CT molecular complexity index is 1550. The molecule has 40 heavy (non-hydrogen) atoms. The van der Waals surface area contributed by atoms with E-state index in [0.29, 0.717) is 6.04 Å². The zero-order valence-corrected chi connectivity index (χ0v) is 25.4. The van der Waals surface area contributed by atoms with Gasteiger partial charge >= 0.3 is 0 Å². The van der Waals surface area contributed by atoms with Gasteiger partial charge in [0.05, 0.1) is 6.04 Å². The molecule has 0 N–H and O–H groups in total. The Kier molecular flexibility index (Phi) is 6.82. The molecular formula is C37H40N2S. The van der Waals surface area contributed by atoms with Crippen LogP contribution in [0.3, 0.4) is 0 Å². The molecule has 0 fully saturated rings. The Hall–Kier alpha value is -3.43. The number of allylic oxidation sites excluding steroid dienone is 6. The summed E-state index contributed by atoms with van der Waals surface area (Å²) in [5.74, 6) is 0. The minimum atomic E-state index is -0.0200. The second kappa shape index (κ2) is 10.2. The van der Waals surface area contributed by atoms with Crippen LogP contribution in [-0.4, -0.2) is 20.1 Å². The highest BCUT2D eigenvalue weighted by Gasteiger charge is 2.41. The Morgan fingerprint density at radius 2 is 1.40 bits per heavy atom. The maximum absolute atomic E-state index is 2.45. The SMILES string of the molecule is CN1C(=CC=C2CCC(C=CC3N(C)c4ccccc4C3(C)C)=C2Sc2ccccc2)C(C)(C)c2ccccc21. The van der Waals surface area contributed by atoms with E-state index in [4.69, 9.17) is 0 Å². The van der Waals surface area contributed by atoms with Crippen LogP contribution in [0.25, 0.3) is 0 Å². The molecule has 0 saturated carbocycles. The summed E-state index contributed by atoms with van der Waals surface area (Å²) in [6.45, 7) is 9.44. The first kappa shape index (κ1) is 26.8. The fraction of sp³-hybridized carbons (Fsp3) is 0.297. The van der Waals surface area contributed by atoms with Crippen molar-refractivity contribution in [2.24, 2.45) is 0 Å². The highest BCUT2D eigenvalue weighted by atomic mass is 32.2. The molecule has 1 atom stereocenters. The fourth-order valence-corrected chi connectivity index (χ4v) is 8.07. The zero-order valence-electron chi connectivity index (χ0n) is 24.6. The van der Waals surface area contributed by atoms with Crippen LogP contribution in [0.1, 0.15) is 51.7 Å². The van der Waals surface area contributed by atoms with Crippen molar-refractivity contribution in [1.29, 1.82) is 0 Å². The minimum absolute atomic E-state index is 0.0200. The van der Waals surface area contributed by atoms with Crippen molar-refractivity contribution in [3.05, 3.63) is 136 Å². The van der Waals surface area contributed by atoms with Gasteiger partial charge in [-0.15, -0.1) is 0 Å². The van der Waals surface area contributed by atoms with Crippen molar-refractivity contribution in [2.45, 2.75) is 62.3 Å². The van der Waals surface area contributed by atoms with Crippen LogP contribution in [-0.2, 0) is 10.8 Å². The van der Waals surface area contributed by atoms with Gasteiger partial charge in [0, 0.05) is 51.8 Å². The van der Waals surface area contributed by atoms with Gasteiger partial charge in [0.25, 0.3) is 0 Å². The third-order valence-corrected chi connectivity index (χ3v) is 10.4. The number of likely N-dealkylation sites (N-methyl/N-ethyl adjacent to an activating group) is 2. The summed E-state index contributed by atoms with van der Waals surface area (Å²) in [5, 5.41) is 0. The first-order chi connectivity index (χ1) is 19.2. The van der Waals surface area contributed by atoms with Gasteiger partial charge < -0.3 is 9.80 Å². The van der Waals surface area contributed by atoms with Gasteiger partial charge in [-0.2, -0.15) is 0 Å². The second-order valence-electron chi connectivity index (χ2n) is 12.4. The van der Waals surface area contributed by atoms with Gasteiger partial charge in [0.15, 0.2) is 0 Å². The van der Waals surface area contributed by atoms with E-state index < -0.39 is 0 Å². The number of nitrogens with zero attached hydrogens (tertiary/aromatic N) is 2. The van der Waals surface area contributed by atoms with Crippen LogP contribution in [0, 0.1) is 0 Å². The summed E-state index contributed by atoms with van der Waals surface area (Å²) in [6.07, 6.45) is 11.8. The van der Waals surface area contributed by atoms with Gasteiger partial charge in [-0.3, -0.25) is 0 Å². The van der Waals surface area contributed by atoms with Crippen LogP contribution in [0.4, 0.5) is 11.4 Å². The highest BCUT2D eigenvalue weighted by Crippen LogP contribution is 2.49. The molecule has 1 unspecified atom stereocenters. The molecule has 3 aliphatic rings. The summed E-state index contributed by atoms with van der Waals surface area (Å²) in [6, 6.07) is 28.8. The first-order valence-electron chi connectivity index (χ1n) is 14.4. The van der Waals surface area contributed by atoms with E-state index in [1.165, 1.54) is 49.1 Å². The molecule has 2 aliphatic heterocycles.